The van der Waals surface area contributed by atoms with Gasteiger partial charge in [-0.05, 0) is 0 Å². The molecule has 0 heterocycles. The van der Waals surface area contributed by atoms with E-state index >= 15 is 0 Å². The first-order chi connectivity index (χ1) is 15.5. The van der Waals surface area contributed by atoms with Crippen LogP contribution in [0.15, 0.2) is 0 Å². The van der Waals surface area contributed by atoms with Crippen LogP contribution in [0, 0.1) is 0 Å². The van der Waals surface area contributed by atoms with Crippen LogP contribution in [0.3, 0.4) is 0 Å². The van der Waals surface area contributed by atoms with Gasteiger partial charge in [0.05, 0.1) is 0 Å². The van der Waals surface area contributed by atoms with E-state index < -0.39 is 44.6 Å². The molecule has 0 bridgehead atoms. The topological polar surface area (TPSA) is 54.0 Å². The fraction of sp³-hybridized carbons (Fsp3) is 0.960. The molecule has 0 saturated carbocycles. The third-order valence-electron chi connectivity index (χ3n) is 5.87. The molecule has 0 rings (SSSR count). The van der Waals surface area contributed by atoms with Gasteiger partial charge in [-0.3, -0.25) is 0 Å². The molecule has 0 aliphatic carbocycles. The van der Waals surface area contributed by atoms with E-state index in [4.69, 9.17) is 12.3 Å². The van der Waals surface area contributed by atoms with Crippen LogP contribution in [0.2, 0.25) is 17.7 Å². The van der Waals surface area contributed by atoms with Crippen molar-refractivity contribution in [1.82, 2.24) is 0 Å². The van der Waals surface area contributed by atoms with Crippen LogP contribution in [0.1, 0.15) is 119 Å². The Morgan fingerprint density at radius 3 is 1.41 bits per heavy atom. The Kier molecular flexibility index (Phi) is 21.6. The van der Waals surface area contributed by atoms with Crippen LogP contribution in [0.25, 0.3) is 0 Å². The summed E-state index contributed by atoms with van der Waals surface area (Å²) < 4.78 is 29.9. The van der Waals surface area contributed by atoms with Crippen molar-refractivity contribution in [2.75, 3.05) is 13.2 Å². The minimum absolute atomic E-state index is 0.436. The molecular weight excluding hydrogens is 618 g/mol. The average molecular weight is 672 g/mol. The van der Waals surface area contributed by atoms with Crippen LogP contribution >= 0.6 is 0 Å². The van der Waals surface area contributed by atoms with Crippen molar-refractivity contribution in [3.8, 4) is 0 Å². The zero-order chi connectivity index (χ0) is 24.1. The molecule has 5 nitrogen and oxygen atoms in total. The predicted octanol–water partition coefficient (Wildman–Crippen LogP) is 8.86. The molecule has 0 N–H and O–H groups in total. The van der Waals surface area contributed by atoms with E-state index in [0.29, 0.717) is 6.61 Å². The summed E-state index contributed by atoms with van der Waals surface area (Å²) in [6.07, 6.45) is 12.5. The zero-order valence-electron chi connectivity index (χ0n) is 22.3. The first-order valence-electron chi connectivity index (χ1n) is 13.7. The summed E-state index contributed by atoms with van der Waals surface area (Å²) in [5.41, 5.74) is 0. The normalized spacial score (nSPS) is 12.2. The average Bonchev–Trinajstić information content (AvgIpc) is 2.79. The molecule has 0 aromatic heterocycles. The van der Waals surface area contributed by atoms with Crippen molar-refractivity contribution in [2.45, 2.75) is 136 Å². The number of carbonyl (C=O) groups is 1. The van der Waals surface area contributed by atoms with Gasteiger partial charge in [0, 0.05) is 0 Å². The van der Waals surface area contributed by atoms with E-state index in [1.54, 1.807) is 0 Å². The molecule has 32 heavy (non-hydrogen) atoms. The maximum atomic E-state index is 12.7. The van der Waals surface area contributed by atoms with E-state index in [1.807, 2.05) is 0 Å². The maximum absolute atomic E-state index is 12.7. The zero-order valence-corrected chi connectivity index (χ0v) is 28.0. The Hall–Kier alpha value is 0.787. The molecule has 0 amide bonds. The van der Waals surface area contributed by atoms with Gasteiger partial charge in [-0.2, -0.15) is 0 Å². The molecule has 0 aliphatic rings. The first-order valence-corrected chi connectivity index (χ1v) is 26.4. The summed E-state index contributed by atoms with van der Waals surface area (Å²) in [7, 11) is 0. The SMILES string of the molecule is CCCCOC(=O)[O][Sn]([CH2]CCC)([CH2]CCC)[O][Sn]([CH2]CCC)([CH2]CCC)[O]CCCC. The van der Waals surface area contributed by atoms with Gasteiger partial charge < -0.3 is 0 Å². The molecule has 0 atom stereocenters. The number of ether oxygens (including phenoxy) is 1. The molecule has 0 aromatic carbocycles. The van der Waals surface area contributed by atoms with Gasteiger partial charge in [-0.1, -0.05) is 0 Å². The van der Waals surface area contributed by atoms with E-state index in [2.05, 4.69) is 41.5 Å². The van der Waals surface area contributed by atoms with Gasteiger partial charge in [-0.25, -0.2) is 0 Å². The predicted molar refractivity (Wildman–Crippen MR) is 140 cm³/mol. The number of hydrogen-bond donors (Lipinski definition) is 0. The van der Waals surface area contributed by atoms with Gasteiger partial charge >= 0.3 is 211 Å². The van der Waals surface area contributed by atoms with Gasteiger partial charge in [-0.15, -0.1) is 0 Å². The van der Waals surface area contributed by atoms with Crippen molar-refractivity contribution < 1.29 is 17.1 Å². The standard InChI is InChI=1S/C5H10O3.C4H9O.4C4H9.O.2Sn/c1-2-3-4-8-5(6)7;1-2-3-4-5;4*1-3-4-2;;;/h2-4H2,1H3,(H,6,7);2-4H2,1H3;4*1,3-4H2,2H3;;;/q;-1;;;;;;2*+1/p-1. The van der Waals surface area contributed by atoms with Crippen LogP contribution in [-0.2, 0) is 12.3 Å². The van der Waals surface area contributed by atoms with Gasteiger partial charge in [0.25, 0.3) is 0 Å². The van der Waals surface area contributed by atoms with Crippen LogP contribution < -0.4 is 0 Å². The van der Waals surface area contributed by atoms with Gasteiger partial charge in [0.2, 0.25) is 0 Å². The third-order valence-corrected chi connectivity index (χ3v) is 38.6. The number of rotatable bonds is 22. The monoisotopic (exact) mass is 674 g/mol. The van der Waals surface area contributed by atoms with E-state index in [0.717, 1.165) is 101 Å². The first kappa shape index (κ1) is 32.8. The van der Waals surface area contributed by atoms with Crippen LogP contribution in [-0.4, -0.2) is 57.8 Å². The van der Waals surface area contributed by atoms with Crippen LogP contribution in [0.4, 0.5) is 4.79 Å². The summed E-state index contributed by atoms with van der Waals surface area (Å²) in [6.45, 7) is 14.4. The summed E-state index contributed by atoms with van der Waals surface area (Å²) in [5, 5.41) is 0. The summed E-state index contributed by atoms with van der Waals surface area (Å²) in [4.78, 5) is 12.7. The molecular formula is C25H54O5Sn2. The second-order valence-electron chi connectivity index (χ2n) is 9.09. The number of hydrogen-bond acceptors (Lipinski definition) is 5. The fourth-order valence-electron chi connectivity index (χ4n) is 3.76. The Morgan fingerprint density at radius 1 is 0.562 bits per heavy atom. The van der Waals surface area contributed by atoms with Crippen molar-refractivity contribution in [3.05, 3.63) is 0 Å². The molecule has 7 heteroatoms. The quantitative estimate of drug-likeness (QED) is 0.0654. The molecule has 0 fully saturated rings. The van der Waals surface area contributed by atoms with Crippen molar-refractivity contribution >= 4 is 44.6 Å². The Labute approximate surface area is 210 Å². The van der Waals surface area contributed by atoms with Crippen molar-refractivity contribution in [3.63, 3.8) is 0 Å². The Bertz CT molecular complexity index is 432. The molecule has 192 valence electrons. The number of carbonyl (C=O) groups excluding carboxylic acids is 1. The van der Waals surface area contributed by atoms with E-state index in [-0.39, 0.29) is 0 Å². The fourth-order valence-corrected chi connectivity index (χ4v) is 45.4. The molecule has 0 saturated heterocycles. The molecule has 0 aliphatic heterocycles. The summed E-state index contributed by atoms with van der Waals surface area (Å²) in [6, 6.07) is 0. The van der Waals surface area contributed by atoms with E-state index in [1.165, 1.54) is 0 Å². The molecule has 0 unspecified atom stereocenters. The molecule has 0 radical (unpaired) electrons. The Morgan fingerprint density at radius 2 is 0.969 bits per heavy atom. The molecule has 0 aromatic rings. The molecule has 0 spiro atoms. The Balaban J connectivity index is 5.91. The van der Waals surface area contributed by atoms with Crippen molar-refractivity contribution in [1.29, 1.82) is 0 Å². The second-order valence-corrected chi connectivity index (χ2v) is 31.1. The summed E-state index contributed by atoms with van der Waals surface area (Å²) >= 11 is -7.11. The van der Waals surface area contributed by atoms with Crippen molar-refractivity contribution in [2.24, 2.45) is 0 Å². The van der Waals surface area contributed by atoms with Gasteiger partial charge in [0.15, 0.2) is 0 Å². The third kappa shape index (κ3) is 14.9. The number of unbranched alkanes of at least 4 members (excludes halogenated alkanes) is 6. The van der Waals surface area contributed by atoms with Crippen LogP contribution in [0.5, 0.6) is 0 Å². The van der Waals surface area contributed by atoms with E-state index in [9.17, 15) is 4.79 Å². The summed E-state index contributed by atoms with van der Waals surface area (Å²) in [5.74, 6) is 0. The minimum atomic E-state index is -3.71. The van der Waals surface area contributed by atoms with Gasteiger partial charge in [0.1, 0.15) is 0 Å². The second kappa shape index (κ2) is 21.1.